The number of carbonyl (C=O) groups is 1. The quantitative estimate of drug-likeness (QED) is 0.439. The van der Waals surface area contributed by atoms with E-state index in [9.17, 15) is 30.8 Å². The summed E-state index contributed by atoms with van der Waals surface area (Å²) in [4.78, 5) is 12.5. The molecule has 0 aliphatic carbocycles. The van der Waals surface area contributed by atoms with Crippen molar-refractivity contribution in [3.63, 3.8) is 0 Å². The second kappa shape index (κ2) is 10.1. The predicted octanol–water partition coefficient (Wildman–Crippen LogP) is 4.81. The van der Waals surface area contributed by atoms with Crippen molar-refractivity contribution in [1.82, 2.24) is 5.32 Å². The molecule has 0 aliphatic rings. The third-order valence-electron chi connectivity index (χ3n) is 4.61. The average molecular weight is 496 g/mol. The van der Waals surface area contributed by atoms with Crippen LogP contribution in [-0.2, 0) is 16.6 Å². The first-order valence-electron chi connectivity index (χ1n) is 9.89. The number of benzene rings is 3. The number of amides is 1. The summed E-state index contributed by atoms with van der Waals surface area (Å²) in [6.07, 6.45) is -4.47. The highest BCUT2D eigenvalue weighted by Gasteiger charge is 2.28. The number of alkyl halides is 3. The molecule has 2 N–H and O–H groups in total. The molecule has 1 amide bonds. The Morgan fingerprint density at radius 1 is 1.00 bits per heavy atom. The molecule has 3 aromatic carbocycles. The maximum Gasteiger partial charge on any atom is 0.422 e. The molecule has 0 aromatic heterocycles. The van der Waals surface area contributed by atoms with Crippen LogP contribution in [0.2, 0.25) is 0 Å². The van der Waals surface area contributed by atoms with Crippen molar-refractivity contribution in [3.05, 3.63) is 89.2 Å². The summed E-state index contributed by atoms with van der Waals surface area (Å²) in [5, 5.41) is 2.62. The Morgan fingerprint density at radius 2 is 1.71 bits per heavy atom. The molecule has 0 aliphatic heterocycles. The summed E-state index contributed by atoms with van der Waals surface area (Å²) in [7, 11) is -4.05. The van der Waals surface area contributed by atoms with Crippen LogP contribution in [0.25, 0.3) is 0 Å². The average Bonchev–Trinajstić information content (AvgIpc) is 2.77. The molecular weight excluding hydrogens is 476 g/mol. The Hall–Kier alpha value is -3.60. The molecule has 0 spiro atoms. The lowest BCUT2D eigenvalue weighted by atomic mass is 10.1. The van der Waals surface area contributed by atoms with E-state index >= 15 is 0 Å². The van der Waals surface area contributed by atoms with E-state index in [-0.39, 0.29) is 28.4 Å². The summed E-state index contributed by atoms with van der Waals surface area (Å²) in [5.74, 6) is -1.09. The largest absolute Gasteiger partial charge is 0.484 e. The third-order valence-corrected chi connectivity index (χ3v) is 5.99. The van der Waals surface area contributed by atoms with Crippen LogP contribution in [0.5, 0.6) is 5.75 Å². The fraction of sp³-hybridized carbons (Fsp3) is 0.174. The SMILES string of the molecule is Cc1ccc(S(=O)(=O)Nc2ccc(F)cc2)cc1C(=O)NCc1cccc(OCC(F)(F)F)c1. The van der Waals surface area contributed by atoms with Crippen LogP contribution in [0.15, 0.2) is 71.6 Å². The number of ether oxygens (including phenoxy) is 1. The Bertz CT molecular complexity index is 1280. The van der Waals surface area contributed by atoms with E-state index in [4.69, 9.17) is 4.74 Å². The summed E-state index contributed by atoms with van der Waals surface area (Å²) >= 11 is 0. The molecule has 6 nitrogen and oxygen atoms in total. The van der Waals surface area contributed by atoms with Crippen LogP contribution < -0.4 is 14.8 Å². The summed E-state index contributed by atoms with van der Waals surface area (Å²) < 4.78 is 82.4. The molecule has 11 heteroatoms. The van der Waals surface area contributed by atoms with Gasteiger partial charge in [-0.2, -0.15) is 13.2 Å². The van der Waals surface area contributed by atoms with Gasteiger partial charge in [-0.25, -0.2) is 12.8 Å². The zero-order chi connectivity index (χ0) is 24.9. The fourth-order valence-corrected chi connectivity index (χ4v) is 4.02. The molecule has 0 radical (unpaired) electrons. The molecular formula is C23H20F4N2O4S. The van der Waals surface area contributed by atoms with Crippen LogP contribution in [-0.4, -0.2) is 27.1 Å². The van der Waals surface area contributed by atoms with Crippen LogP contribution in [0.3, 0.4) is 0 Å². The lowest BCUT2D eigenvalue weighted by Crippen LogP contribution is -2.24. The molecule has 0 saturated carbocycles. The number of aryl methyl sites for hydroxylation is 1. The second-order valence-electron chi connectivity index (χ2n) is 7.32. The highest BCUT2D eigenvalue weighted by molar-refractivity contribution is 7.92. The third kappa shape index (κ3) is 6.95. The first-order chi connectivity index (χ1) is 15.9. The maximum atomic E-state index is 13.1. The van der Waals surface area contributed by atoms with Gasteiger partial charge in [-0.15, -0.1) is 0 Å². The molecule has 0 atom stereocenters. The Kier molecular flexibility index (Phi) is 7.45. The van der Waals surface area contributed by atoms with Gasteiger partial charge in [0, 0.05) is 17.8 Å². The zero-order valence-electron chi connectivity index (χ0n) is 17.8. The van der Waals surface area contributed by atoms with Gasteiger partial charge in [0.05, 0.1) is 4.90 Å². The van der Waals surface area contributed by atoms with Crippen molar-refractivity contribution in [1.29, 1.82) is 0 Å². The lowest BCUT2D eigenvalue weighted by Gasteiger charge is -2.13. The second-order valence-corrected chi connectivity index (χ2v) is 9.01. The minimum absolute atomic E-state index is 0.000197. The van der Waals surface area contributed by atoms with Crippen LogP contribution >= 0.6 is 0 Å². The first kappa shape index (κ1) is 25.0. The number of rotatable bonds is 8. The minimum Gasteiger partial charge on any atom is -0.484 e. The minimum atomic E-state index is -4.47. The topological polar surface area (TPSA) is 84.5 Å². The smallest absolute Gasteiger partial charge is 0.422 e. The summed E-state index contributed by atoms with van der Waals surface area (Å²) in [6.45, 7) is 0.172. The number of sulfonamides is 1. The van der Waals surface area contributed by atoms with E-state index in [0.29, 0.717) is 11.1 Å². The highest BCUT2D eigenvalue weighted by atomic mass is 32.2. The normalized spacial score (nSPS) is 11.7. The van der Waals surface area contributed by atoms with Gasteiger partial charge in [-0.05, 0) is 66.6 Å². The van der Waals surface area contributed by atoms with E-state index in [1.54, 1.807) is 13.0 Å². The first-order valence-corrected chi connectivity index (χ1v) is 11.4. The van der Waals surface area contributed by atoms with Gasteiger partial charge in [0.25, 0.3) is 15.9 Å². The molecule has 0 bridgehead atoms. The van der Waals surface area contributed by atoms with E-state index in [2.05, 4.69) is 10.0 Å². The van der Waals surface area contributed by atoms with Crippen molar-refractivity contribution < 1.29 is 35.5 Å². The Labute approximate surface area is 193 Å². The monoisotopic (exact) mass is 496 g/mol. The van der Waals surface area contributed by atoms with Crippen LogP contribution in [0.1, 0.15) is 21.5 Å². The number of carbonyl (C=O) groups excluding carboxylic acids is 1. The molecule has 34 heavy (non-hydrogen) atoms. The lowest BCUT2D eigenvalue weighted by molar-refractivity contribution is -0.153. The van der Waals surface area contributed by atoms with E-state index in [0.717, 1.165) is 12.1 Å². The number of halogens is 4. The Balaban J connectivity index is 1.71. The van der Waals surface area contributed by atoms with Gasteiger partial charge >= 0.3 is 6.18 Å². The summed E-state index contributed by atoms with van der Waals surface area (Å²) in [6, 6.07) is 14.6. The van der Waals surface area contributed by atoms with Gasteiger partial charge in [0.1, 0.15) is 11.6 Å². The van der Waals surface area contributed by atoms with Crippen molar-refractivity contribution in [2.75, 3.05) is 11.3 Å². The van der Waals surface area contributed by atoms with Crippen LogP contribution in [0, 0.1) is 12.7 Å². The zero-order valence-corrected chi connectivity index (χ0v) is 18.6. The molecule has 0 fully saturated rings. The van der Waals surface area contributed by atoms with Crippen molar-refractivity contribution in [2.45, 2.75) is 24.5 Å². The highest BCUT2D eigenvalue weighted by Crippen LogP contribution is 2.21. The molecule has 180 valence electrons. The molecule has 3 rings (SSSR count). The van der Waals surface area contributed by atoms with Crippen molar-refractivity contribution >= 4 is 21.6 Å². The number of hydrogen-bond acceptors (Lipinski definition) is 4. The fourth-order valence-electron chi connectivity index (χ4n) is 2.93. The maximum absolute atomic E-state index is 13.1. The van der Waals surface area contributed by atoms with Gasteiger partial charge < -0.3 is 10.1 Å². The summed E-state index contributed by atoms with van der Waals surface area (Å²) in [5.41, 5.74) is 1.26. The van der Waals surface area contributed by atoms with Crippen molar-refractivity contribution in [3.8, 4) is 5.75 Å². The van der Waals surface area contributed by atoms with E-state index < -0.39 is 34.5 Å². The standard InChI is InChI=1S/C23H20F4N2O4S/c1-15-5-10-20(34(31,32)29-18-8-6-17(24)7-9-18)12-21(15)22(30)28-13-16-3-2-4-19(11-16)33-14-23(25,26)27/h2-12,29H,13-14H2,1H3,(H,28,30). The molecule has 0 saturated heterocycles. The van der Waals surface area contributed by atoms with Crippen molar-refractivity contribution in [2.24, 2.45) is 0 Å². The van der Waals surface area contributed by atoms with Gasteiger partial charge in [-0.1, -0.05) is 18.2 Å². The van der Waals surface area contributed by atoms with Crippen LogP contribution in [0.4, 0.5) is 23.2 Å². The molecule has 3 aromatic rings. The van der Waals surface area contributed by atoms with Gasteiger partial charge in [-0.3, -0.25) is 9.52 Å². The number of anilines is 1. The van der Waals surface area contributed by atoms with Gasteiger partial charge in [0.15, 0.2) is 6.61 Å². The number of hydrogen-bond donors (Lipinski definition) is 2. The molecule has 0 heterocycles. The molecule has 0 unspecified atom stereocenters. The predicted molar refractivity (Wildman–Crippen MR) is 118 cm³/mol. The van der Waals surface area contributed by atoms with E-state index in [1.165, 1.54) is 48.5 Å². The van der Waals surface area contributed by atoms with E-state index in [1.807, 2.05) is 0 Å². The number of nitrogens with one attached hydrogen (secondary N) is 2. The van der Waals surface area contributed by atoms with Gasteiger partial charge in [0.2, 0.25) is 0 Å². The Morgan fingerprint density at radius 3 is 2.38 bits per heavy atom.